The van der Waals surface area contributed by atoms with Crippen molar-refractivity contribution >= 4 is 44.9 Å². The molecule has 52 valence electrons. The Morgan fingerprint density at radius 2 is 0.571 bits per heavy atom. The summed E-state index contributed by atoms with van der Waals surface area (Å²) in [5, 5.41) is 0. The molecule has 0 amide bonds. The van der Waals surface area contributed by atoms with Crippen molar-refractivity contribution in [2.24, 2.45) is 0 Å². The topological polar surface area (TPSA) is 0 Å². The fourth-order valence-corrected chi connectivity index (χ4v) is 0. The monoisotopic (exact) mass is 252 g/mol. The van der Waals surface area contributed by atoms with Crippen LogP contribution in [-0.2, 0) is 0 Å². The van der Waals surface area contributed by atoms with Gasteiger partial charge < -0.3 is 0 Å². The predicted molar refractivity (Wildman–Crippen MR) is 54.7 cm³/mol. The van der Waals surface area contributed by atoms with E-state index in [2.05, 4.69) is 0 Å². The number of hydrogen-bond acceptors (Lipinski definition) is 0. The van der Waals surface area contributed by atoms with Crippen molar-refractivity contribution < 1.29 is 0 Å². The first-order chi connectivity index (χ1) is 2.00. The van der Waals surface area contributed by atoms with Gasteiger partial charge in [0.1, 0.15) is 0 Å². The van der Waals surface area contributed by atoms with Gasteiger partial charge in [-0.15, -0.1) is 34.0 Å². The van der Waals surface area contributed by atoms with Gasteiger partial charge in [0.15, 0.2) is 0 Å². The zero-order chi connectivity index (χ0) is 4.00. The normalized spacial score (nSPS) is 1.71. The third-order valence-corrected chi connectivity index (χ3v) is 0. The predicted octanol–water partition coefficient (Wildman–Crippen LogP) is 1.76. The molecule has 7 heavy (non-hydrogen) atoms. The summed E-state index contributed by atoms with van der Waals surface area (Å²) in [6.45, 7) is 8.00. The Labute approximate surface area is 72.6 Å². The van der Waals surface area contributed by atoms with Crippen LogP contribution in [0.3, 0.4) is 0 Å². The second-order valence-corrected chi connectivity index (χ2v) is 0. The third kappa shape index (κ3) is 139. The first-order valence-electron chi connectivity index (χ1n) is 2.00. The summed E-state index contributed by atoms with van der Waals surface area (Å²) in [4.78, 5) is 0. The third-order valence-electron chi connectivity index (χ3n) is 0. The minimum atomic E-state index is 0. The van der Waals surface area contributed by atoms with Gasteiger partial charge in [0.2, 0.25) is 0 Å². The summed E-state index contributed by atoms with van der Waals surface area (Å²) in [6, 6.07) is 0. The lowest BCUT2D eigenvalue weighted by molar-refractivity contribution is 1.50. The van der Waals surface area contributed by atoms with E-state index in [4.69, 9.17) is 0 Å². The Kier molecular flexibility index (Phi) is 1180. The number of halogens is 2. The zero-order valence-electron chi connectivity index (χ0n) is 4.82. The number of rotatable bonds is 0. The van der Waals surface area contributed by atoms with Crippen LogP contribution in [-0.4, -0.2) is 11.0 Å². The van der Waals surface area contributed by atoms with Crippen molar-refractivity contribution in [1.29, 1.82) is 0 Å². The van der Waals surface area contributed by atoms with Crippen LogP contribution in [0.1, 0.15) is 27.7 Å². The van der Waals surface area contributed by atoms with E-state index in [0.717, 1.165) is 0 Å². The maximum Gasteiger partial charge on any atom is -0.0149 e. The second kappa shape index (κ2) is 198. The molecule has 0 aliphatic rings. The Morgan fingerprint density at radius 1 is 0.571 bits per heavy atom. The molecule has 0 saturated heterocycles. The van der Waals surface area contributed by atoms with Gasteiger partial charge in [0.25, 0.3) is 0 Å². The average molecular weight is 254 g/mol. The van der Waals surface area contributed by atoms with Crippen LogP contribution in [0.15, 0.2) is 0 Å². The Bertz CT molecular complexity index is 9.65. The molecule has 0 rings (SSSR count). The minimum Gasteiger partial charge on any atom is -0.114 e. The van der Waals surface area contributed by atoms with Crippen molar-refractivity contribution in [3.05, 3.63) is 0 Å². The summed E-state index contributed by atoms with van der Waals surface area (Å²) >= 11 is 0. The molecule has 0 aliphatic heterocycles. The van der Waals surface area contributed by atoms with E-state index in [-0.39, 0.29) is 44.9 Å². The van der Waals surface area contributed by atoms with Gasteiger partial charge in [-0.25, -0.2) is 0 Å². The minimum absolute atomic E-state index is 0. The quantitative estimate of drug-likeness (QED) is 0.578. The first kappa shape index (κ1) is 41.7. The van der Waals surface area contributed by atoms with Crippen molar-refractivity contribution in [2.45, 2.75) is 27.7 Å². The average Bonchev–Trinajstić information content (AvgIpc) is 1.50. The van der Waals surface area contributed by atoms with Crippen LogP contribution in [0.4, 0.5) is 0 Å². The SMILES string of the molecule is Br.Br.CC.CC.[SiH4]. The van der Waals surface area contributed by atoms with Gasteiger partial charge in [-0.1, -0.05) is 27.7 Å². The molecule has 0 fully saturated rings. The molecular formula is C4H18Br2Si. The highest BCUT2D eigenvalue weighted by molar-refractivity contribution is 8.93. The van der Waals surface area contributed by atoms with E-state index in [1.165, 1.54) is 0 Å². The largest absolute Gasteiger partial charge is 0.114 e. The van der Waals surface area contributed by atoms with Gasteiger partial charge in [0.05, 0.1) is 0 Å². The fourth-order valence-electron chi connectivity index (χ4n) is 0. The lowest BCUT2D eigenvalue weighted by Gasteiger charge is -1.07. The Morgan fingerprint density at radius 3 is 0.571 bits per heavy atom. The van der Waals surface area contributed by atoms with Crippen LogP contribution in [0.5, 0.6) is 0 Å². The summed E-state index contributed by atoms with van der Waals surface area (Å²) in [6.07, 6.45) is 0. The van der Waals surface area contributed by atoms with E-state index in [0.29, 0.717) is 0 Å². The Hall–Kier alpha value is 1.18. The van der Waals surface area contributed by atoms with Gasteiger partial charge in [-0.2, -0.15) is 0 Å². The van der Waals surface area contributed by atoms with Gasteiger partial charge in [-0.05, 0) is 11.0 Å². The summed E-state index contributed by atoms with van der Waals surface area (Å²) in [7, 11) is 0. The lowest BCUT2D eigenvalue weighted by atomic mass is 11.0. The van der Waals surface area contributed by atoms with Crippen molar-refractivity contribution in [3.8, 4) is 0 Å². The van der Waals surface area contributed by atoms with Crippen LogP contribution < -0.4 is 0 Å². The smallest absolute Gasteiger partial charge is 0.0149 e. The van der Waals surface area contributed by atoms with Gasteiger partial charge in [0, 0.05) is 0 Å². The lowest BCUT2D eigenvalue weighted by Crippen LogP contribution is -0.856. The summed E-state index contributed by atoms with van der Waals surface area (Å²) in [5.74, 6) is 0. The fraction of sp³-hybridized carbons (Fsp3) is 1.00. The zero-order valence-corrected chi connectivity index (χ0v) is 8.24. The van der Waals surface area contributed by atoms with E-state index < -0.39 is 0 Å². The highest BCUT2D eigenvalue weighted by Crippen LogP contribution is 1.15. The van der Waals surface area contributed by atoms with Crippen molar-refractivity contribution in [3.63, 3.8) is 0 Å². The molecule has 0 bridgehead atoms. The van der Waals surface area contributed by atoms with Crippen LogP contribution in [0.25, 0.3) is 0 Å². The molecule has 0 N–H and O–H groups in total. The molecule has 0 aromatic carbocycles. The molecule has 0 heterocycles. The first-order valence-corrected chi connectivity index (χ1v) is 2.00. The molecule has 0 atom stereocenters. The maximum absolute atomic E-state index is 2.00. The van der Waals surface area contributed by atoms with Crippen molar-refractivity contribution in [2.75, 3.05) is 0 Å². The molecule has 0 spiro atoms. The van der Waals surface area contributed by atoms with Gasteiger partial charge >= 0.3 is 0 Å². The molecule has 0 nitrogen and oxygen atoms in total. The van der Waals surface area contributed by atoms with Crippen LogP contribution in [0.2, 0.25) is 0 Å². The standard InChI is InChI=1S/2C2H6.2BrH.H4Si/c2*1-2;;;/h2*1-2H3;2*1H;1H4. The molecule has 0 aromatic heterocycles. The molecule has 0 aromatic rings. The number of hydrogen-bond donors (Lipinski definition) is 0. The Balaban J connectivity index is -0.00000000267. The molecule has 0 aliphatic carbocycles. The maximum atomic E-state index is 2.00. The molecule has 0 unspecified atom stereocenters. The molecular weight excluding hydrogens is 236 g/mol. The van der Waals surface area contributed by atoms with E-state index in [1.807, 2.05) is 27.7 Å². The second-order valence-electron chi connectivity index (χ2n) is 0. The van der Waals surface area contributed by atoms with Crippen LogP contribution in [0, 0.1) is 0 Å². The van der Waals surface area contributed by atoms with Crippen LogP contribution >= 0.6 is 34.0 Å². The summed E-state index contributed by atoms with van der Waals surface area (Å²) < 4.78 is 0. The van der Waals surface area contributed by atoms with Crippen molar-refractivity contribution in [1.82, 2.24) is 0 Å². The molecule has 0 radical (unpaired) electrons. The highest BCUT2D eigenvalue weighted by atomic mass is 79.9. The van der Waals surface area contributed by atoms with Gasteiger partial charge in [-0.3, -0.25) is 0 Å². The van der Waals surface area contributed by atoms with E-state index >= 15 is 0 Å². The molecule has 3 heteroatoms. The van der Waals surface area contributed by atoms with E-state index in [9.17, 15) is 0 Å². The summed E-state index contributed by atoms with van der Waals surface area (Å²) in [5.41, 5.74) is 0. The molecule has 0 saturated carbocycles. The highest BCUT2D eigenvalue weighted by Gasteiger charge is 0.934. The van der Waals surface area contributed by atoms with E-state index in [1.54, 1.807) is 0 Å².